The average molecular weight is 452 g/mol. The predicted octanol–water partition coefficient (Wildman–Crippen LogP) is 4.38. The van der Waals surface area contributed by atoms with E-state index in [0.717, 1.165) is 6.07 Å². The van der Waals surface area contributed by atoms with Gasteiger partial charge in [-0.2, -0.15) is 0 Å². The molecule has 1 spiro atoms. The van der Waals surface area contributed by atoms with Gasteiger partial charge in [0.25, 0.3) is 0 Å². The van der Waals surface area contributed by atoms with Crippen LogP contribution in [0.15, 0.2) is 48.5 Å². The largest absolute Gasteiger partial charge is 0.456 e. The fourth-order valence-corrected chi connectivity index (χ4v) is 4.17. The first-order chi connectivity index (χ1) is 15.7. The van der Waals surface area contributed by atoms with Gasteiger partial charge in [-0.3, -0.25) is 9.59 Å². The van der Waals surface area contributed by atoms with Crippen LogP contribution in [0.5, 0.6) is 23.0 Å². The van der Waals surface area contributed by atoms with Crippen LogP contribution in [-0.2, 0) is 19.9 Å². The van der Waals surface area contributed by atoms with Gasteiger partial charge in [0.15, 0.2) is 17.2 Å². The summed E-state index contributed by atoms with van der Waals surface area (Å²) in [5.41, 5.74) is -1.50. The summed E-state index contributed by atoms with van der Waals surface area (Å²) < 4.78 is 50.5. The lowest BCUT2D eigenvalue weighted by Gasteiger charge is -2.36. The van der Waals surface area contributed by atoms with Gasteiger partial charge in [-0.1, -0.05) is 6.07 Å². The zero-order chi connectivity index (χ0) is 23.5. The Balaban J connectivity index is 1.79. The van der Waals surface area contributed by atoms with Crippen molar-refractivity contribution in [2.75, 3.05) is 0 Å². The molecule has 2 aliphatic heterocycles. The van der Waals surface area contributed by atoms with Gasteiger partial charge in [0.1, 0.15) is 28.6 Å². The number of rotatable bonds is 2. The molecule has 5 rings (SSSR count). The Kier molecular flexibility index (Phi) is 4.45. The first kappa shape index (κ1) is 20.6. The summed E-state index contributed by atoms with van der Waals surface area (Å²) in [5, 5.41) is 0. The Morgan fingerprint density at radius 3 is 1.85 bits per heavy atom. The quantitative estimate of drug-likeness (QED) is 0.421. The van der Waals surface area contributed by atoms with E-state index in [1.165, 1.54) is 56.3 Å². The second-order valence-corrected chi connectivity index (χ2v) is 7.46. The van der Waals surface area contributed by atoms with Crippen LogP contribution in [0, 0.1) is 11.6 Å². The summed E-state index contributed by atoms with van der Waals surface area (Å²) in [7, 11) is 0. The molecule has 0 unspecified atom stereocenters. The van der Waals surface area contributed by atoms with E-state index in [1.807, 2.05) is 0 Å². The van der Waals surface area contributed by atoms with Crippen molar-refractivity contribution in [3.63, 3.8) is 0 Å². The van der Waals surface area contributed by atoms with Crippen molar-refractivity contribution in [3.8, 4) is 23.0 Å². The predicted molar refractivity (Wildman–Crippen MR) is 107 cm³/mol. The van der Waals surface area contributed by atoms with Crippen molar-refractivity contribution in [2.24, 2.45) is 0 Å². The number of carbonyl (C=O) groups excluding carboxylic acids is 3. The molecule has 7 nitrogen and oxygen atoms in total. The maximum Gasteiger partial charge on any atom is 0.343 e. The number of esters is 3. The fraction of sp³-hybridized carbons (Fsp3) is 0.125. The average Bonchev–Trinajstić information content (AvgIpc) is 3.03. The van der Waals surface area contributed by atoms with E-state index >= 15 is 0 Å². The second-order valence-electron chi connectivity index (χ2n) is 7.46. The first-order valence-electron chi connectivity index (χ1n) is 9.76. The van der Waals surface area contributed by atoms with Crippen LogP contribution < -0.4 is 14.2 Å². The minimum atomic E-state index is -1.67. The van der Waals surface area contributed by atoms with Crippen molar-refractivity contribution in [3.05, 3.63) is 82.4 Å². The Morgan fingerprint density at radius 2 is 1.33 bits per heavy atom. The molecule has 2 heterocycles. The zero-order valence-electron chi connectivity index (χ0n) is 17.2. The van der Waals surface area contributed by atoms with Crippen LogP contribution in [0.3, 0.4) is 0 Å². The number of benzene rings is 3. The van der Waals surface area contributed by atoms with E-state index < -0.39 is 40.7 Å². The second kappa shape index (κ2) is 7.13. The van der Waals surface area contributed by atoms with Gasteiger partial charge in [0, 0.05) is 42.7 Å². The van der Waals surface area contributed by atoms with Crippen LogP contribution in [0.25, 0.3) is 0 Å². The van der Waals surface area contributed by atoms with Crippen molar-refractivity contribution < 1.29 is 42.1 Å². The Bertz CT molecular complexity index is 1310. The summed E-state index contributed by atoms with van der Waals surface area (Å²) in [6.07, 6.45) is 0. The summed E-state index contributed by atoms with van der Waals surface area (Å²) in [4.78, 5) is 35.5. The highest BCUT2D eigenvalue weighted by atomic mass is 19.2. The van der Waals surface area contributed by atoms with Crippen LogP contribution >= 0.6 is 0 Å². The van der Waals surface area contributed by atoms with Gasteiger partial charge in [0.05, 0.1) is 0 Å². The van der Waals surface area contributed by atoms with Gasteiger partial charge in [-0.25, -0.2) is 13.6 Å². The van der Waals surface area contributed by atoms with E-state index in [9.17, 15) is 23.2 Å². The topological polar surface area (TPSA) is 88.1 Å². The Morgan fingerprint density at radius 1 is 0.818 bits per heavy atom. The number of hydrogen-bond donors (Lipinski definition) is 0. The maximum atomic E-state index is 14.6. The van der Waals surface area contributed by atoms with Gasteiger partial charge in [0.2, 0.25) is 0 Å². The van der Waals surface area contributed by atoms with E-state index in [-0.39, 0.29) is 28.6 Å². The number of halogens is 2. The molecule has 166 valence electrons. The molecule has 33 heavy (non-hydrogen) atoms. The third-order valence-electron chi connectivity index (χ3n) is 5.33. The fourth-order valence-electron chi connectivity index (χ4n) is 4.17. The van der Waals surface area contributed by atoms with Crippen LogP contribution in [0.4, 0.5) is 8.78 Å². The molecule has 0 amide bonds. The third kappa shape index (κ3) is 3.04. The molecule has 9 heteroatoms. The molecule has 0 saturated heterocycles. The van der Waals surface area contributed by atoms with Crippen molar-refractivity contribution in [2.45, 2.75) is 19.4 Å². The highest BCUT2D eigenvalue weighted by Gasteiger charge is 2.55. The minimum absolute atomic E-state index is 0.0812. The van der Waals surface area contributed by atoms with Crippen molar-refractivity contribution in [1.29, 1.82) is 0 Å². The first-order valence-corrected chi connectivity index (χ1v) is 9.76. The molecule has 0 saturated carbocycles. The van der Waals surface area contributed by atoms with E-state index in [2.05, 4.69) is 0 Å². The molecular formula is C24H14F2O7. The van der Waals surface area contributed by atoms with Crippen LogP contribution in [-0.4, -0.2) is 17.9 Å². The molecule has 0 fully saturated rings. The number of hydrogen-bond acceptors (Lipinski definition) is 7. The molecular weight excluding hydrogens is 438 g/mol. The van der Waals surface area contributed by atoms with E-state index in [4.69, 9.17) is 18.9 Å². The van der Waals surface area contributed by atoms with Crippen LogP contribution in [0.1, 0.15) is 40.9 Å². The number of fused-ring (bicyclic) bond motifs is 6. The van der Waals surface area contributed by atoms with E-state index in [1.54, 1.807) is 0 Å². The van der Waals surface area contributed by atoms with Crippen molar-refractivity contribution >= 4 is 17.9 Å². The van der Waals surface area contributed by atoms with E-state index in [0.29, 0.717) is 11.1 Å². The molecule has 0 atom stereocenters. The SMILES string of the molecule is CC(=O)Oc1ccc2c(c1)Oc1cc(OC(C)=O)ccc1C21OC(=O)c2c1ccc(F)c2F. The molecule has 3 aromatic rings. The lowest BCUT2D eigenvalue weighted by atomic mass is 9.77. The minimum Gasteiger partial charge on any atom is -0.456 e. The standard InChI is InChI=1S/C24H14F2O7/c1-11(27)30-13-3-5-15-19(9-13)32-20-10-14(31-12(2)28)4-6-16(20)24(15)17-7-8-18(25)22(26)21(17)23(29)33-24/h3-10H,1-2H3. The summed E-state index contributed by atoms with van der Waals surface area (Å²) in [6, 6.07) is 11.0. The summed E-state index contributed by atoms with van der Waals surface area (Å²) >= 11 is 0. The lowest BCUT2D eigenvalue weighted by Crippen LogP contribution is -2.33. The highest BCUT2D eigenvalue weighted by molar-refractivity contribution is 5.97. The summed E-state index contributed by atoms with van der Waals surface area (Å²) in [6.45, 7) is 2.46. The van der Waals surface area contributed by atoms with Gasteiger partial charge < -0.3 is 18.9 Å². The molecule has 0 aliphatic carbocycles. The Labute approximate surface area is 185 Å². The highest BCUT2D eigenvalue weighted by Crippen LogP contribution is 2.57. The maximum absolute atomic E-state index is 14.6. The molecule has 0 aromatic heterocycles. The smallest absolute Gasteiger partial charge is 0.343 e. The molecule has 2 aliphatic rings. The molecule has 3 aromatic carbocycles. The van der Waals surface area contributed by atoms with Gasteiger partial charge in [-0.05, 0) is 30.3 Å². The number of ether oxygens (including phenoxy) is 4. The number of carbonyl (C=O) groups is 3. The summed E-state index contributed by atoms with van der Waals surface area (Å²) in [5.74, 6) is -4.08. The van der Waals surface area contributed by atoms with Gasteiger partial charge >= 0.3 is 17.9 Å². The third-order valence-corrected chi connectivity index (χ3v) is 5.33. The normalized spacial score (nSPS) is 14.5. The van der Waals surface area contributed by atoms with Crippen molar-refractivity contribution in [1.82, 2.24) is 0 Å². The molecule has 0 bridgehead atoms. The zero-order valence-corrected chi connectivity index (χ0v) is 17.2. The molecule has 0 N–H and O–H groups in total. The van der Waals surface area contributed by atoms with Gasteiger partial charge in [-0.15, -0.1) is 0 Å². The van der Waals surface area contributed by atoms with Crippen LogP contribution in [0.2, 0.25) is 0 Å². The molecule has 0 radical (unpaired) electrons. The Hall–Kier alpha value is -4.27. The monoisotopic (exact) mass is 452 g/mol. The lowest BCUT2D eigenvalue weighted by molar-refractivity contribution is -0.132.